The Bertz CT molecular complexity index is 314. The normalized spacial score (nSPS) is 9.69. The molecule has 1 heterocycles. The quantitative estimate of drug-likeness (QED) is 0.682. The summed E-state index contributed by atoms with van der Waals surface area (Å²) in [5.41, 5.74) is 0.923. The van der Waals surface area contributed by atoms with Gasteiger partial charge in [-0.3, -0.25) is 9.48 Å². The number of amides is 1. The molecule has 0 aliphatic carbocycles. The molecule has 4 heteroatoms. The van der Waals surface area contributed by atoms with Gasteiger partial charge in [0.15, 0.2) is 0 Å². The fourth-order valence-corrected chi connectivity index (χ4v) is 0.851. The molecule has 0 atom stereocenters. The van der Waals surface area contributed by atoms with Crippen molar-refractivity contribution in [2.75, 3.05) is 14.1 Å². The van der Waals surface area contributed by atoms with E-state index < -0.39 is 0 Å². The van der Waals surface area contributed by atoms with Crippen molar-refractivity contribution in [3.05, 3.63) is 24.5 Å². The summed E-state index contributed by atoms with van der Waals surface area (Å²) in [6, 6.07) is 0. The number of hydrogen-bond acceptors (Lipinski definition) is 2. The molecule has 0 spiro atoms. The highest BCUT2D eigenvalue weighted by Crippen LogP contribution is 1.98. The molecule has 0 saturated carbocycles. The van der Waals surface area contributed by atoms with Gasteiger partial charge in [0.05, 0.1) is 6.20 Å². The maximum atomic E-state index is 11.2. The Kier molecular flexibility index (Phi) is 2.84. The van der Waals surface area contributed by atoms with Crippen molar-refractivity contribution in [2.45, 2.75) is 6.54 Å². The van der Waals surface area contributed by atoms with Crippen molar-refractivity contribution < 1.29 is 4.79 Å². The average Bonchev–Trinajstić information content (AvgIpc) is 2.52. The van der Waals surface area contributed by atoms with Gasteiger partial charge < -0.3 is 4.90 Å². The first-order chi connectivity index (χ1) is 6.13. The topological polar surface area (TPSA) is 38.1 Å². The molecule has 1 aromatic rings. The zero-order valence-electron chi connectivity index (χ0n) is 7.90. The summed E-state index contributed by atoms with van der Waals surface area (Å²) in [4.78, 5) is 12.8. The number of carbonyl (C=O) groups excluding carboxylic acids is 1. The Morgan fingerprint density at radius 2 is 2.46 bits per heavy atom. The van der Waals surface area contributed by atoms with Crippen LogP contribution in [0.2, 0.25) is 0 Å². The van der Waals surface area contributed by atoms with Crippen LogP contribution < -0.4 is 0 Å². The second-order valence-electron chi connectivity index (χ2n) is 2.96. The highest BCUT2D eigenvalue weighted by molar-refractivity contribution is 5.75. The minimum absolute atomic E-state index is 0.0266. The molecule has 0 bridgehead atoms. The van der Waals surface area contributed by atoms with E-state index in [0.29, 0.717) is 0 Å². The lowest BCUT2D eigenvalue weighted by Gasteiger charge is -2.09. The molecule has 1 aromatic heterocycles. The smallest absolute Gasteiger partial charge is 0.243 e. The summed E-state index contributed by atoms with van der Waals surface area (Å²) in [6.07, 6.45) is 5.16. The van der Waals surface area contributed by atoms with Gasteiger partial charge in [0.2, 0.25) is 5.91 Å². The van der Waals surface area contributed by atoms with Crippen LogP contribution in [-0.4, -0.2) is 34.7 Å². The molecule has 0 unspecified atom stereocenters. The van der Waals surface area contributed by atoms with Crippen molar-refractivity contribution in [1.29, 1.82) is 0 Å². The van der Waals surface area contributed by atoms with Crippen molar-refractivity contribution in [2.24, 2.45) is 0 Å². The molecule has 4 nitrogen and oxygen atoms in total. The fourth-order valence-electron chi connectivity index (χ4n) is 0.851. The number of aromatic nitrogens is 2. The van der Waals surface area contributed by atoms with E-state index in [2.05, 4.69) is 11.7 Å². The average molecular weight is 179 g/mol. The van der Waals surface area contributed by atoms with Crippen LogP contribution in [0, 0.1) is 0 Å². The zero-order chi connectivity index (χ0) is 9.84. The molecule has 0 aliphatic heterocycles. The maximum Gasteiger partial charge on any atom is 0.243 e. The monoisotopic (exact) mass is 179 g/mol. The Labute approximate surface area is 77.5 Å². The van der Waals surface area contributed by atoms with Crippen LogP contribution in [0.5, 0.6) is 0 Å². The molecule has 1 amide bonds. The van der Waals surface area contributed by atoms with Gasteiger partial charge in [-0.05, 0) is 0 Å². The zero-order valence-corrected chi connectivity index (χ0v) is 7.90. The fraction of sp³-hybridized carbons (Fsp3) is 0.333. The van der Waals surface area contributed by atoms with Gasteiger partial charge in [0, 0.05) is 25.9 Å². The van der Waals surface area contributed by atoms with Gasteiger partial charge in [-0.2, -0.15) is 5.10 Å². The summed E-state index contributed by atoms with van der Waals surface area (Å²) in [6.45, 7) is 3.89. The summed E-state index contributed by atoms with van der Waals surface area (Å²) in [5.74, 6) is 0.0266. The van der Waals surface area contributed by atoms with Gasteiger partial charge in [-0.1, -0.05) is 12.7 Å². The largest absolute Gasteiger partial charge is 0.347 e. The standard InChI is InChI=1S/C9H13N3O/c1-4-8-5-10-12(6-8)7-9(13)11(2)3/h4-6H,1,7H2,2-3H3. The highest BCUT2D eigenvalue weighted by atomic mass is 16.2. The summed E-state index contributed by atoms with van der Waals surface area (Å²) in [5, 5.41) is 4.01. The van der Waals surface area contributed by atoms with Crippen molar-refractivity contribution in [1.82, 2.24) is 14.7 Å². The van der Waals surface area contributed by atoms with Crippen LogP contribution in [0.15, 0.2) is 19.0 Å². The lowest BCUT2D eigenvalue weighted by atomic mass is 10.4. The van der Waals surface area contributed by atoms with E-state index >= 15 is 0 Å². The molecular weight excluding hydrogens is 166 g/mol. The number of rotatable bonds is 3. The first-order valence-corrected chi connectivity index (χ1v) is 3.98. The molecule has 1 rings (SSSR count). The van der Waals surface area contributed by atoms with Crippen LogP contribution >= 0.6 is 0 Å². The second-order valence-corrected chi connectivity index (χ2v) is 2.96. The number of carbonyl (C=O) groups is 1. The van der Waals surface area contributed by atoms with Crippen LogP contribution in [0.4, 0.5) is 0 Å². The molecule has 0 saturated heterocycles. The number of nitrogens with zero attached hydrogens (tertiary/aromatic N) is 3. The Morgan fingerprint density at radius 3 is 2.92 bits per heavy atom. The molecule has 0 radical (unpaired) electrons. The maximum absolute atomic E-state index is 11.2. The van der Waals surface area contributed by atoms with Crippen molar-refractivity contribution in [3.8, 4) is 0 Å². The highest BCUT2D eigenvalue weighted by Gasteiger charge is 2.05. The summed E-state index contributed by atoms with van der Waals surface area (Å²) >= 11 is 0. The van der Waals surface area contributed by atoms with E-state index in [1.807, 2.05) is 0 Å². The Balaban J connectivity index is 2.64. The van der Waals surface area contributed by atoms with Crippen LogP contribution in [0.1, 0.15) is 5.56 Å². The van der Waals surface area contributed by atoms with Crippen LogP contribution in [0.25, 0.3) is 6.08 Å². The number of hydrogen-bond donors (Lipinski definition) is 0. The van der Waals surface area contributed by atoms with E-state index in [0.717, 1.165) is 5.56 Å². The molecular formula is C9H13N3O. The van der Waals surface area contributed by atoms with Crippen LogP contribution in [-0.2, 0) is 11.3 Å². The van der Waals surface area contributed by atoms with E-state index in [1.54, 1.807) is 37.2 Å². The van der Waals surface area contributed by atoms with E-state index in [9.17, 15) is 4.79 Å². The van der Waals surface area contributed by atoms with Gasteiger partial charge in [0.1, 0.15) is 6.54 Å². The van der Waals surface area contributed by atoms with Gasteiger partial charge in [-0.15, -0.1) is 0 Å². The summed E-state index contributed by atoms with van der Waals surface area (Å²) in [7, 11) is 3.44. The first-order valence-electron chi connectivity index (χ1n) is 3.98. The minimum Gasteiger partial charge on any atom is -0.347 e. The lowest BCUT2D eigenvalue weighted by molar-refractivity contribution is -0.129. The van der Waals surface area contributed by atoms with E-state index in [1.165, 1.54) is 4.90 Å². The third-order valence-corrected chi connectivity index (χ3v) is 1.68. The predicted octanol–water partition coefficient (Wildman–Crippen LogP) is 0.614. The SMILES string of the molecule is C=Cc1cnn(CC(=O)N(C)C)c1. The van der Waals surface area contributed by atoms with Crippen molar-refractivity contribution in [3.63, 3.8) is 0 Å². The summed E-state index contributed by atoms with van der Waals surface area (Å²) < 4.78 is 1.60. The van der Waals surface area contributed by atoms with E-state index in [4.69, 9.17) is 0 Å². The van der Waals surface area contributed by atoms with Crippen LogP contribution in [0.3, 0.4) is 0 Å². The predicted molar refractivity (Wildman–Crippen MR) is 51.0 cm³/mol. The minimum atomic E-state index is 0.0266. The first kappa shape index (κ1) is 9.51. The molecule has 0 N–H and O–H groups in total. The van der Waals surface area contributed by atoms with Gasteiger partial charge >= 0.3 is 0 Å². The van der Waals surface area contributed by atoms with Crippen molar-refractivity contribution >= 4 is 12.0 Å². The molecule has 70 valence electrons. The van der Waals surface area contributed by atoms with Gasteiger partial charge in [-0.25, -0.2) is 0 Å². The Morgan fingerprint density at radius 1 is 1.77 bits per heavy atom. The lowest BCUT2D eigenvalue weighted by Crippen LogP contribution is -2.26. The van der Waals surface area contributed by atoms with Gasteiger partial charge in [0.25, 0.3) is 0 Å². The van der Waals surface area contributed by atoms with E-state index in [-0.39, 0.29) is 12.5 Å². The third-order valence-electron chi connectivity index (χ3n) is 1.68. The molecule has 0 fully saturated rings. The Hall–Kier alpha value is -1.58. The third kappa shape index (κ3) is 2.43. The molecule has 13 heavy (non-hydrogen) atoms. The number of likely N-dealkylation sites (N-methyl/N-ethyl adjacent to an activating group) is 1. The second kappa shape index (κ2) is 3.89. The molecule has 0 aromatic carbocycles. The molecule has 0 aliphatic rings.